The SMILES string of the molecule is Cc1ncc(CCN)s1.Cl.Cl. The van der Waals surface area contributed by atoms with Crippen LogP contribution < -0.4 is 5.73 Å². The number of aryl methyl sites for hydroxylation is 1. The molecule has 0 spiro atoms. The molecule has 1 rings (SSSR count). The third-order valence-corrected chi connectivity index (χ3v) is 2.03. The van der Waals surface area contributed by atoms with Crippen molar-refractivity contribution in [3.63, 3.8) is 0 Å². The molecule has 0 saturated carbocycles. The summed E-state index contributed by atoms with van der Waals surface area (Å²) in [4.78, 5) is 5.39. The molecular weight excluding hydrogens is 203 g/mol. The minimum Gasteiger partial charge on any atom is -0.330 e. The number of nitrogens with zero attached hydrogens (tertiary/aromatic N) is 1. The van der Waals surface area contributed by atoms with Gasteiger partial charge in [-0.15, -0.1) is 36.2 Å². The van der Waals surface area contributed by atoms with Crippen molar-refractivity contribution < 1.29 is 0 Å². The second kappa shape index (κ2) is 6.85. The van der Waals surface area contributed by atoms with Crippen LogP contribution in [-0.2, 0) is 6.42 Å². The molecule has 0 aliphatic rings. The fourth-order valence-electron chi connectivity index (χ4n) is 0.663. The first-order valence-corrected chi connectivity index (χ1v) is 3.76. The van der Waals surface area contributed by atoms with E-state index >= 15 is 0 Å². The molecule has 0 fully saturated rings. The van der Waals surface area contributed by atoms with E-state index in [-0.39, 0.29) is 24.8 Å². The van der Waals surface area contributed by atoms with Crippen LogP contribution in [0, 0.1) is 6.92 Å². The second-order valence-corrected chi connectivity index (χ2v) is 3.20. The van der Waals surface area contributed by atoms with Crippen LogP contribution in [0.3, 0.4) is 0 Å². The van der Waals surface area contributed by atoms with Crippen molar-refractivity contribution in [2.24, 2.45) is 5.73 Å². The molecule has 0 aliphatic heterocycles. The van der Waals surface area contributed by atoms with Crippen molar-refractivity contribution in [3.8, 4) is 0 Å². The molecule has 2 nitrogen and oxygen atoms in total. The van der Waals surface area contributed by atoms with Gasteiger partial charge in [0, 0.05) is 11.1 Å². The Balaban J connectivity index is 0. The summed E-state index contributed by atoms with van der Waals surface area (Å²) in [6.07, 6.45) is 2.86. The molecule has 0 amide bonds. The van der Waals surface area contributed by atoms with Crippen LogP contribution in [0.15, 0.2) is 6.20 Å². The summed E-state index contributed by atoms with van der Waals surface area (Å²) in [7, 11) is 0. The third-order valence-electron chi connectivity index (χ3n) is 1.06. The van der Waals surface area contributed by atoms with Gasteiger partial charge < -0.3 is 5.73 Å². The van der Waals surface area contributed by atoms with Crippen molar-refractivity contribution in [2.75, 3.05) is 6.54 Å². The fourth-order valence-corrected chi connectivity index (χ4v) is 1.47. The largest absolute Gasteiger partial charge is 0.330 e. The Bertz CT molecular complexity index is 190. The quantitative estimate of drug-likeness (QED) is 0.816. The van der Waals surface area contributed by atoms with E-state index in [0.717, 1.165) is 18.0 Å². The van der Waals surface area contributed by atoms with E-state index in [2.05, 4.69) is 4.98 Å². The van der Waals surface area contributed by atoms with Gasteiger partial charge in [-0.05, 0) is 19.9 Å². The Kier molecular flexibility index (Phi) is 8.56. The van der Waals surface area contributed by atoms with Crippen LogP contribution in [0.4, 0.5) is 0 Å². The number of rotatable bonds is 2. The van der Waals surface area contributed by atoms with Gasteiger partial charge in [0.25, 0.3) is 0 Å². The molecule has 0 aliphatic carbocycles. The highest BCUT2D eigenvalue weighted by Crippen LogP contribution is 2.10. The van der Waals surface area contributed by atoms with Gasteiger partial charge in [-0.3, -0.25) is 0 Å². The van der Waals surface area contributed by atoms with Gasteiger partial charge in [0.1, 0.15) is 0 Å². The second-order valence-electron chi connectivity index (χ2n) is 1.88. The number of hydrogen-bond donors (Lipinski definition) is 1. The molecule has 0 atom stereocenters. The maximum absolute atomic E-state index is 5.35. The van der Waals surface area contributed by atoms with E-state index in [1.54, 1.807) is 11.3 Å². The van der Waals surface area contributed by atoms with Crippen LogP contribution in [0.2, 0.25) is 0 Å². The Morgan fingerprint density at radius 1 is 1.55 bits per heavy atom. The molecule has 2 N–H and O–H groups in total. The van der Waals surface area contributed by atoms with Gasteiger partial charge in [-0.2, -0.15) is 0 Å². The van der Waals surface area contributed by atoms with Crippen LogP contribution in [0.1, 0.15) is 9.88 Å². The Morgan fingerprint density at radius 2 is 2.18 bits per heavy atom. The molecule has 11 heavy (non-hydrogen) atoms. The van der Waals surface area contributed by atoms with Crippen molar-refractivity contribution >= 4 is 36.2 Å². The monoisotopic (exact) mass is 214 g/mol. The van der Waals surface area contributed by atoms with E-state index in [1.807, 2.05) is 13.1 Å². The van der Waals surface area contributed by atoms with Gasteiger partial charge in [-0.25, -0.2) is 4.98 Å². The fraction of sp³-hybridized carbons (Fsp3) is 0.500. The average Bonchev–Trinajstić information content (AvgIpc) is 2.17. The summed E-state index contributed by atoms with van der Waals surface area (Å²) < 4.78 is 0. The lowest BCUT2D eigenvalue weighted by atomic mass is 10.4. The van der Waals surface area contributed by atoms with Crippen molar-refractivity contribution in [1.29, 1.82) is 0 Å². The Labute approximate surface area is 83.0 Å². The molecule has 0 radical (unpaired) electrons. The van der Waals surface area contributed by atoms with Crippen molar-refractivity contribution in [2.45, 2.75) is 13.3 Å². The first kappa shape index (κ1) is 13.7. The van der Waals surface area contributed by atoms with E-state index in [0.29, 0.717) is 0 Å². The van der Waals surface area contributed by atoms with Crippen LogP contribution in [-0.4, -0.2) is 11.5 Å². The van der Waals surface area contributed by atoms with Crippen LogP contribution in [0.5, 0.6) is 0 Å². The first-order valence-electron chi connectivity index (χ1n) is 2.94. The van der Waals surface area contributed by atoms with Gasteiger partial charge >= 0.3 is 0 Å². The Morgan fingerprint density at radius 3 is 2.55 bits per heavy atom. The zero-order valence-corrected chi connectivity index (χ0v) is 8.69. The number of halogens is 2. The van der Waals surface area contributed by atoms with Crippen LogP contribution >= 0.6 is 36.2 Å². The lowest BCUT2D eigenvalue weighted by molar-refractivity contribution is 0.984. The maximum Gasteiger partial charge on any atom is 0.0896 e. The predicted octanol–water partition coefficient (Wildman–Crippen LogP) is 1.80. The zero-order chi connectivity index (χ0) is 6.69. The molecule has 5 heteroatoms. The summed E-state index contributed by atoms with van der Waals surface area (Å²) >= 11 is 1.72. The average molecular weight is 215 g/mol. The number of nitrogens with two attached hydrogens (primary N) is 1. The molecule has 1 aromatic rings. The lowest BCUT2D eigenvalue weighted by Crippen LogP contribution is -2.00. The lowest BCUT2D eigenvalue weighted by Gasteiger charge is -1.85. The predicted molar refractivity (Wildman–Crippen MR) is 54.1 cm³/mol. The van der Waals surface area contributed by atoms with Crippen molar-refractivity contribution in [1.82, 2.24) is 4.98 Å². The topological polar surface area (TPSA) is 38.9 Å². The number of thiazole rings is 1. The third kappa shape index (κ3) is 4.58. The highest BCUT2D eigenvalue weighted by molar-refractivity contribution is 7.11. The summed E-state index contributed by atoms with van der Waals surface area (Å²) in [5.74, 6) is 0. The molecule has 0 saturated heterocycles. The smallest absolute Gasteiger partial charge is 0.0896 e. The zero-order valence-electron chi connectivity index (χ0n) is 6.24. The molecule has 1 aromatic heterocycles. The summed E-state index contributed by atoms with van der Waals surface area (Å²) in [5.41, 5.74) is 5.35. The van der Waals surface area contributed by atoms with Gasteiger partial charge in [-0.1, -0.05) is 0 Å². The van der Waals surface area contributed by atoms with Gasteiger partial charge in [0.2, 0.25) is 0 Å². The summed E-state index contributed by atoms with van der Waals surface area (Å²) in [6, 6.07) is 0. The number of hydrogen-bond acceptors (Lipinski definition) is 3. The van der Waals surface area contributed by atoms with Gasteiger partial charge in [0.15, 0.2) is 0 Å². The number of aromatic nitrogens is 1. The van der Waals surface area contributed by atoms with E-state index in [4.69, 9.17) is 5.73 Å². The first-order chi connectivity index (χ1) is 4.33. The van der Waals surface area contributed by atoms with E-state index in [9.17, 15) is 0 Å². The maximum atomic E-state index is 5.35. The molecule has 0 aromatic carbocycles. The van der Waals surface area contributed by atoms with E-state index in [1.165, 1.54) is 4.88 Å². The highest BCUT2D eigenvalue weighted by atomic mass is 35.5. The van der Waals surface area contributed by atoms with E-state index < -0.39 is 0 Å². The minimum absolute atomic E-state index is 0. The van der Waals surface area contributed by atoms with Crippen LogP contribution in [0.25, 0.3) is 0 Å². The summed E-state index contributed by atoms with van der Waals surface area (Å²) in [5, 5.41) is 1.12. The molecule has 1 heterocycles. The molecule has 0 unspecified atom stereocenters. The molecular formula is C6H12Cl2N2S. The summed E-state index contributed by atoms with van der Waals surface area (Å²) in [6.45, 7) is 2.73. The standard InChI is InChI=1S/C6H10N2S.2ClH/c1-5-8-4-6(9-5)2-3-7;;/h4H,2-3,7H2,1H3;2*1H. The molecule has 66 valence electrons. The van der Waals surface area contributed by atoms with Crippen molar-refractivity contribution in [3.05, 3.63) is 16.1 Å². The van der Waals surface area contributed by atoms with Gasteiger partial charge in [0.05, 0.1) is 5.01 Å². The highest BCUT2D eigenvalue weighted by Gasteiger charge is 1.93. The normalized spacial score (nSPS) is 8.18. The minimum atomic E-state index is 0. The molecule has 0 bridgehead atoms. The Hall–Kier alpha value is 0.170.